The number of imide groups is 1. The summed E-state index contributed by atoms with van der Waals surface area (Å²) >= 11 is 10.8. The lowest BCUT2D eigenvalue weighted by molar-refractivity contribution is -0.136. The molecule has 218 valence electrons. The smallest absolute Gasteiger partial charge is 0.294 e. The first kappa shape index (κ1) is 30.0. The third-order valence-corrected chi connectivity index (χ3v) is 8.56. The quantitative estimate of drug-likeness (QED) is 0.242. The molecule has 0 aliphatic carbocycles. The van der Waals surface area contributed by atoms with Crippen molar-refractivity contribution in [2.45, 2.75) is 13.5 Å². The van der Waals surface area contributed by atoms with Crippen LogP contribution < -0.4 is 14.4 Å². The number of carbonyl (C=O) groups is 3. The van der Waals surface area contributed by atoms with Crippen LogP contribution in [0.5, 0.6) is 11.5 Å². The van der Waals surface area contributed by atoms with Crippen LogP contribution in [0.25, 0.3) is 6.08 Å². The Kier molecular flexibility index (Phi) is 9.76. The van der Waals surface area contributed by atoms with E-state index in [0.29, 0.717) is 61.5 Å². The zero-order valence-electron chi connectivity index (χ0n) is 22.9. The molecular formula is C31H29BrClN3O5S. The number of amides is 3. The van der Waals surface area contributed by atoms with E-state index in [0.717, 1.165) is 32.4 Å². The highest BCUT2D eigenvalue weighted by atomic mass is 79.9. The summed E-state index contributed by atoms with van der Waals surface area (Å²) in [4.78, 5) is 44.1. The second-order valence-corrected chi connectivity index (χ2v) is 12.0. The van der Waals surface area contributed by atoms with Gasteiger partial charge in [-0.2, -0.15) is 0 Å². The van der Waals surface area contributed by atoms with Crippen molar-refractivity contribution in [2.75, 3.05) is 44.2 Å². The van der Waals surface area contributed by atoms with E-state index in [-0.39, 0.29) is 17.4 Å². The van der Waals surface area contributed by atoms with Gasteiger partial charge in [-0.25, -0.2) is 0 Å². The third-order valence-electron chi connectivity index (χ3n) is 6.85. The highest BCUT2D eigenvalue weighted by molar-refractivity contribution is 9.10. The molecule has 0 saturated carbocycles. The Labute approximate surface area is 262 Å². The third kappa shape index (κ3) is 7.11. The van der Waals surface area contributed by atoms with Crippen molar-refractivity contribution in [3.63, 3.8) is 0 Å². The molecule has 3 amide bonds. The van der Waals surface area contributed by atoms with Gasteiger partial charge >= 0.3 is 0 Å². The zero-order chi connectivity index (χ0) is 29.6. The number of halogens is 2. The van der Waals surface area contributed by atoms with Gasteiger partial charge in [-0.15, -0.1) is 0 Å². The number of para-hydroxylation sites is 1. The first-order valence-corrected chi connectivity index (χ1v) is 15.5. The van der Waals surface area contributed by atoms with E-state index in [9.17, 15) is 14.4 Å². The van der Waals surface area contributed by atoms with Gasteiger partial charge in [0.15, 0.2) is 11.5 Å². The van der Waals surface area contributed by atoms with E-state index in [1.807, 2.05) is 61.5 Å². The number of thioether (sulfide) groups is 1. The van der Waals surface area contributed by atoms with E-state index >= 15 is 0 Å². The van der Waals surface area contributed by atoms with Crippen molar-refractivity contribution in [3.8, 4) is 11.5 Å². The lowest BCUT2D eigenvalue weighted by Crippen LogP contribution is -2.51. The first-order valence-electron chi connectivity index (χ1n) is 13.5. The summed E-state index contributed by atoms with van der Waals surface area (Å²) in [5.41, 5.74) is 2.65. The fraction of sp³-hybridized carbons (Fsp3) is 0.258. The minimum Gasteiger partial charge on any atom is -0.490 e. The van der Waals surface area contributed by atoms with Crippen molar-refractivity contribution in [1.82, 2.24) is 9.80 Å². The van der Waals surface area contributed by atoms with Gasteiger partial charge in [0, 0.05) is 36.3 Å². The molecule has 0 bridgehead atoms. The fourth-order valence-corrected chi connectivity index (χ4v) is 6.06. The maximum atomic E-state index is 13.2. The molecule has 0 radical (unpaired) electrons. The Hall–Kier alpha value is -3.47. The maximum Gasteiger partial charge on any atom is 0.294 e. The summed E-state index contributed by atoms with van der Waals surface area (Å²) in [7, 11) is 0. The molecule has 0 spiro atoms. The van der Waals surface area contributed by atoms with Crippen LogP contribution in [-0.2, 0) is 16.2 Å². The number of hydrogen-bond donors (Lipinski definition) is 0. The van der Waals surface area contributed by atoms with Crippen molar-refractivity contribution in [1.29, 1.82) is 0 Å². The lowest BCUT2D eigenvalue weighted by Gasteiger charge is -2.36. The summed E-state index contributed by atoms with van der Waals surface area (Å²) < 4.78 is 12.7. The topological polar surface area (TPSA) is 79.4 Å². The van der Waals surface area contributed by atoms with Gasteiger partial charge in [0.05, 0.1) is 16.5 Å². The number of nitrogens with zero attached hydrogens (tertiary/aromatic N) is 3. The van der Waals surface area contributed by atoms with Gasteiger partial charge in [0.2, 0.25) is 5.91 Å². The molecule has 3 aromatic carbocycles. The van der Waals surface area contributed by atoms with Crippen molar-refractivity contribution in [2.24, 2.45) is 0 Å². The molecule has 2 aliphatic heterocycles. The maximum absolute atomic E-state index is 13.2. The Morgan fingerprint density at radius 1 is 1.00 bits per heavy atom. The number of carbonyl (C=O) groups excluding carboxylic acids is 3. The van der Waals surface area contributed by atoms with E-state index in [1.165, 1.54) is 0 Å². The van der Waals surface area contributed by atoms with Crippen molar-refractivity contribution in [3.05, 3.63) is 92.3 Å². The average Bonchev–Trinajstić information content (AvgIpc) is 3.25. The number of ether oxygens (including phenoxy) is 2. The Morgan fingerprint density at radius 2 is 1.71 bits per heavy atom. The minimum atomic E-state index is -0.508. The van der Waals surface area contributed by atoms with E-state index < -0.39 is 11.1 Å². The standard InChI is InChI=1S/C31H29BrClN3O5S/c1-2-40-26-17-22(16-25(33)29(26)41-20-21-8-10-23(32)11-9-21)18-27-30(38)36(31(39)42-27)19-28(37)35-14-12-34(13-15-35)24-6-4-3-5-7-24/h3-11,16-18H,2,12-15,19-20H2,1H3/b27-18+. The zero-order valence-corrected chi connectivity index (χ0v) is 26.1. The van der Waals surface area contributed by atoms with Crippen LogP contribution in [0.3, 0.4) is 0 Å². The molecule has 0 atom stereocenters. The van der Waals surface area contributed by atoms with Gasteiger partial charge in [0.1, 0.15) is 13.2 Å². The Bertz CT molecular complexity index is 1490. The molecule has 8 nitrogen and oxygen atoms in total. The normalized spacial score (nSPS) is 16.4. The number of benzene rings is 3. The van der Waals surface area contributed by atoms with E-state index in [2.05, 4.69) is 20.8 Å². The number of piperazine rings is 1. The first-order chi connectivity index (χ1) is 20.3. The SMILES string of the molecule is CCOc1cc(/C=C2/SC(=O)N(CC(=O)N3CCN(c4ccccc4)CC3)C2=O)cc(Cl)c1OCc1ccc(Br)cc1. The largest absolute Gasteiger partial charge is 0.490 e. The second-order valence-electron chi connectivity index (χ2n) is 9.65. The molecule has 2 heterocycles. The summed E-state index contributed by atoms with van der Waals surface area (Å²) in [5, 5.41) is -0.165. The molecule has 2 aliphatic rings. The number of rotatable bonds is 9. The van der Waals surface area contributed by atoms with Crippen LogP contribution in [0.4, 0.5) is 10.5 Å². The summed E-state index contributed by atoms with van der Waals surface area (Å²) in [6, 6.07) is 21.1. The van der Waals surface area contributed by atoms with E-state index in [4.69, 9.17) is 21.1 Å². The van der Waals surface area contributed by atoms with Crippen LogP contribution in [0, 0.1) is 0 Å². The monoisotopic (exact) mass is 669 g/mol. The summed E-state index contributed by atoms with van der Waals surface area (Å²) in [5.74, 6) is 0.0631. The average molecular weight is 671 g/mol. The highest BCUT2D eigenvalue weighted by Crippen LogP contribution is 2.39. The van der Waals surface area contributed by atoms with Gasteiger partial charge in [-0.1, -0.05) is 57.9 Å². The van der Waals surface area contributed by atoms with Crippen molar-refractivity contribution < 1.29 is 23.9 Å². The van der Waals surface area contributed by atoms with Gasteiger partial charge in [-0.3, -0.25) is 19.3 Å². The molecule has 0 aromatic heterocycles. The molecule has 2 saturated heterocycles. The van der Waals surface area contributed by atoms with Crippen LogP contribution in [0.2, 0.25) is 5.02 Å². The second kappa shape index (κ2) is 13.7. The van der Waals surface area contributed by atoms with Crippen molar-refractivity contribution >= 4 is 68.1 Å². The minimum absolute atomic E-state index is 0.212. The lowest BCUT2D eigenvalue weighted by atomic mass is 10.1. The summed E-state index contributed by atoms with van der Waals surface area (Å²) in [6.07, 6.45) is 1.58. The predicted octanol–water partition coefficient (Wildman–Crippen LogP) is 6.47. The van der Waals surface area contributed by atoms with Crippen LogP contribution in [-0.4, -0.2) is 66.2 Å². The van der Waals surface area contributed by atoms with Crippen LogP contribution in [0.1, 0.15) is 18.1 Å². The molecular weight excluding hydrogens is 642 g/mol. The number of anilines is 1. The predicted molar refractivity (Wildman–Crippen MR) is 169 cm³/mol. The molecule has 11 heteroatoms. The van der Waals surface area contributed by atoms with Gasteiger partial charge < -0.3 is 19.3 Å². The van der Waals surface area contributed by atoms with Gasteiger partial charge in [0.25, 0.3) is 11.1 Å². The Morgan fingerprint density at radius 3 is 2.40 bits per heavy atom. The Balaban J connectivity index is 1.24. The summed E-state index contributed by atoms with van der Waals surface area (Å²) in [6.45, 7) is 4.65. The molecule has 3 aromatic rings. The molecule has 42 heavy (non-hydrogen) atoms. The molecule has 5 rings (SSSR count). The molecule has 2 fully saturated rings. The van der Waals surface area contributed by atoms with Gasteiger partial charge in [-0.05, 0) is 72.3 Å². The van der Waals surface area contributed by atoms with E-state index in [1.54, 1.807) is 23.1 Å². The highest BCUT2D eigenvalue weighted by Gasteiger charge is 2.37. The molecule has 0 N–H and O–H groups in total. The molecule has 0 unspecified atom stereocenters. The van der Waals surface area contributed by atoms with Crippen LogP contribution >= 0.6 is 39.3 Å². The fourth-order valence-electron chi connectivity index (χ4n) is 4.69. The number of hydrogen-bond acceptors (Lipinski definition) is 7. The van der Waals surface area contributed by atoms with Crippen LogP contribution in [0.15, 0.2) is 76.1 Å².